The Balaban J connectivity index is 2.43. The molecule has 0 aliphatic rings. The molecule has 0 amide bonds. The van der Waals surface area contributed by atoms with Crippen LogP contribution in [0.25, 0.3) is 0 Å². The summed E-state index contributed by atoms with van der Waals surface area (Å²) in [5.74, 6) is -0.116. The van der Waals surface area contributed by atoms with Crippen molar-refractivity contribution in [3.63, 3.8) is 0 Å². The molecule has 0 N–H and O–H groups in total. The monoisotopic (exact) mass is 464 g/mol. The van der Waals surface area contributed by atoms with Crippen LogP contribution in [-0.4, -0.2) is 7.11 Å². The van der Waals surface area contributed by atoms with E-state index in [1.54, 1.807) is 6.07 Å². The molecule has 0 saturated carbocycles. The molecule has 0 aliphatic heterocycles. The van der Waals surface area contributed by atoms with E-state index in [0.29, 0.717) is 0 Å². The molecule has 2 aromatic carbocycles. The van der Waals surface area contributed by atoms with Gasteiger partial charge in [-0.05, 0) is 47.9 Å². The molecule has 0 bridgehead atoms. The maximum Gasteiger partial charge on any atom is 0.165 e. The molecule has 20 heavy (non-hydrogen) atoms. The predicted octanol–water partition coefficient (Wildman–Crippen LogP) is 6.15. The van der Waals surface area contributed by atoms with Crippen molar-refractivity contribution in [3.05, 3.63) is 61.8 Å². The molecule has 5 heteroatoms. The normalized spacial score (nSPS) is 12.3. The van der Waals surface area contributed by atoms with E-state index < -0.39 is 0 Å². The number of halogens is 4. The minimum Gasteiger partial charge on any atom is -0.494 e. The SMILES string of the molecule is COc1ccc(C(Br)c2cc(Br)c(C)cc2Br)cc1F. The van der Waals surface area contributed by atoms with E-state index >= 15 is 0 Å². The van der Waals surface area contributed by atoms with Gasteiger partial charge in [-0.1, -0.05) is 53.9 Å². The van der Waals surface area contributed by atoms with Crippen molar-refractivity contribution < 1.29 is 9.13 Å². The zero-order chi connectivity index (χ0) is 14.9. The first-order chi connectivity index (χ1) is 9.43. The first-order valence-corrected chi connectivity index (χ1v) is 8.37. The summed E-state index contributed by atoms with van der Waals surface area (Å²) < 4.78 is 20.7. The summed E-state index contributed by atoms with van der Waals surface area (Å²) in [6.07, 6.45) is 0. The second-order valence-electron chi connectivity index (χ2n) is 4.38. The Morgan fingerprint density at radius 1 is 1.10 bits per heavy atom. The summed E-state index contributed by atoms with van der Waals surface area (Å²) in [7, 11) is 1.46. The van der Waals surface area contributed by atoms with E-state index in [4.69, 9.17) is 4.74 Å². The topological polar surface area (TPSA) is 9.23 Å². The van der Waals surface area contributed by atoms with Gasteiger partial charge in [0.1, 0.15) is 0 Å². The van der Waals surface area contributed by atoms with E-state index in [1.165, 1.54) is 13.2 Å². The summed E-state index contributed by atoms with van der Waals surface area (Å²) in [4.78, 5) is -0.103. The second-order valence-corrected chi connectivity index (χ2v) is 7.00. The molecule has 0 radical (unpaired) electrons. The van der Waals surface area contributed by atoms with Crippen molar-refractivity contribution in [2.24, 2.45) is 0 Å². The summed E-state index contributed by atoms with van der Waals surface area (Å²) in [5, 5.41) is 0. The number of ether oxygens (including phenoxy) is 1. The van der Waals surface area contributed by atoms with Crippen LogP contribution in [0, 0.1) is 12.7 Å². The summed E-state index contributed by atoms with van der Waals surface area (Å²) in [6, 6.07) is 9.03. The van der Waals surface area contributed by atoms with Crippen molar-refractivity contribution in [2.75, 3.05) is 7.11 Å². The molecule has 1 unspecified atom stereocenters. The van der Waals surface area contributed by atoms with E-state index in [2.05, 4.69) is 47.8 Å². The largest absolute Gasteiger partial charge is 0.494 e. The van der Waals surface area contributed by atoms with Gasteiger partial charge in [0.15, 0.2) is 11.6 Å². The van der Waals surface area contributed by atoms with Gasteiger partial charge >= 0.3 is 0 Å². The van der Waals surface area contributed by atoms with Gasteiger partial charge in [-0.25, -0.2) is 4.39 Å². The molecule has 0 saturated heterocycles. The van der Waals surface area contributed by atoms with Gasteiger partial charge in [-0.3, -0.25) is 0 Å². The molecule has 0 heterocycles. The number of alkyl halides is 1. The minimum atomic E-state index is -0.364. The lowest BCUT2D eigenvalue weighted by molar-refractivity contribution is 0.386. The van der Waals surface area contributed by atoms with Crippen LogP contribution in [0.15, 0.2) is 39.3 Å². The van der Waals surface area contributed by atoms with E-state index in [1.807, 2.05) is 25.1 Å². The molecule has 0 fully saturated rings. The summed E-state index contributed by atoms with van der Waals surface area (Å²) >= 11 is 10.7. The van der Waals surface area contributed by atoms with Crippen LogP contribution in [-0.2, 0) is 0 Å². The van der Waals surface area contributed by atoms with Crippen LogP contribution in [0.1, 0.15) is 21.5 Å². The van der Waals surface area contributed by atoms with Crippen LogP contribution in [0.3, 0.4) is 0 Å². The number of hydrogen-bond donors (Lipinski definition) is 0. The third-order valence-corrected chi connectivity index (χ3v) is 5.58. The summed E-state index contributed by atoms with van der Waals surface area (Å²) in [6.45, 7) is 2.02. The highest BCUT2D eigenvalue weighted by atomic mass is 79.9. The molecule has 1 nitrogen and oxygen atoms in total. The van der Waals surface area contributed by atoms with E-state index in [0.717, 1.165) is 25.6 Å². The smallest absolute Gasteiger partial charge is 0.165 e. The molecular formula is C15H12Br3FO. The minimum absolute atomic E-state index is 0.103. The van der Waals surface area contributed by atoms with Gasteiger partial charge in [0.25, 0.3) is 0 Å². The Bertz CT molecular complexity index is 643. The van der Waals surface area contributed by atoms with Crippen molar-refractivity contribution in [1.29, 1.82) is 0 Å². The quantitative estimate of drug-likeness (QED) is 0.493. The highest BCUT2D eigenvalue weighted by Crippen LogP contribution is 2.38. The summed E-state index contributed by atoms with van der Waals surface area (Å²) in [5.41, 5.74) is 3.01. The Labute approximate surface area is 142 Å². The highest BCUT2D eigenvalue weighted by molar-refractivity contribution is 9.11. The first kappa shape index (κ1) is 16.0. The fourth-order valence-corrected chi connectivity index (χ4v) is 3.89. The number of aryl methyl sites for hydroxylation is 1. The third kappa shape index (κ3) is 3.26. The van der Waals surface area contributed by atoms with Gasteiger partial charge < -0.3 is 4.74 Å². The van der Waals surface area contributed by atoms with Crippen LogP contribution >= 0.6 is 47.8 Å². The lowest BCUT2D eigenvalue weighted by Crippen LogP contribution is -1.97. The van der Waals surface area contributed by atoms with E-state index in [9.17, 15) is 4.39 Å². The van der Waals surface area contributed by atoms with Crippen molar-refractivity contribution in [1.82, 2.24) is 0 Å². The van der Waals surface area contributed by atoms with Crippen LogP contribution in [0.4, 0.5) is 4.39 Å². The zero-order valence-electron chi connectivity index (χ0n) is 10.9. The highest BCUT2D eigenvalue weighted by Gasteiger charge is 2.17. The molecule has 2 aromatic rings. The van der Waals surface area contributed by atoms with Crippen LogP contribution in [0.5, 0.6) is 5.75 Å². The first-order valence-electron chi connectivity index (χ1n) is 5.87. The Morgan fingerprint density at radius 2 is 1.80 bits per heavy atom. The van der Waals surface area contributed by atoms with E-state index in [-0.39, 0.29) is 16.4 Å². The average Bonchev–Trinajstić information content (AvgIpc) is 2.42. The standard InChI is InChI=1S/C15H12Br3FO/c1-8-5-12(17)10(7-11(8)16)15(18)9-3-4-14(20-2)13(19)6-9/h3-7,15H,1-2H3. The Morgan fingerprint density at radius 3 is 2.40 bits per heavy atom. The second kappa shape index (κ2) is 6.58. The Kier molecular flexibility index (Phi) is 5.26. The lowest BCUT2D eigenvalue weighted by atomic mass is 10.0. The van der Waals surface area contributed by atoms with Crippen molar-refractivity contribution >= 4 is 47.8 Å². The molecule has 0 aliphatic carbocycles. The number of rotatable bonds is 3. The zero-order valence-corrected chi connectivity index (χ0v) is 15.6. The molecule has 106 valence electrons. The fraction of sp³-hybridized carbons (Fsp3) is 0.200. The fourth-order valence-electron chi connectivity index (χ4n) is 1.88. The molecule has 0 aromatic heterocycles. The molecule has 0 spiro atoms. The maximum absolute atomic E-state index is 13.8. The number of methoxy groups -OCH3 is 1. The van der Waals surface area contributed by atoms with Crippen molar-refractivity contribution in [2.45, 2.75) is 11.8 Å². The van der Waals surface area contributed by atoms with Gasteiger partial charge in [-0.15, -0.1) is 0 Å². The molecule has 1 atom stereocenters. The van der Waals surface area contributed by atoms with Crippen LogP contribution in [0.2, 0.25) is 0 Å². The van der Waals surface area contributed by atoms with Crippen molar-refractivity contribution in [3.8, 4) is 5.75 Å². The maximum atomic E-state index is 13.8. The van der Waals surface area contributed by atoms with Gasteiger partial charge in [0.05, 0.1) is 11.9 Å². The predicted molar refractivity (Wildman–Crippen MR) is 90.3 cm³/mol. The van der Waals surface area contributed by atoms with Gasteiger partial charge in [-0.2, -0.15) is 0 Å². The number of hydrogen-bond acceptors (Lipinski definition) is 1. The van der Waals surface area contributed by atoms with Gasteiger partial charge in [0, 0.05) is 8.95 Å². The Hall–Kier alpha value is -0.390. The van der Waals surface area contributed by atoms with Gasteiger partial charge in [0.2, 0.25) is 0 Å². The third-order valence-electron chi connectivity index (χ3n) is 3.02. The number of benzene rings is 2. The molecular weight excluding hydrogens is 455 g/mol. The molecule has 2 rings (SSSR count). The average molecular weight is 467 g/mol. The lowest BCUT2D eigenvalue weighted by Gasteiger charge is -2.15. The van der Waals surface area contributed by atoms with Crippen LogP contribution < -0.4 is 4.74 Å².